The highest BCUT2D eigenvalue weighted by atomic mass is 32.1. The second-order valence-electron chi connectivity index (χ2n) is 5.44. The van der Waals surface area contributed by atoms with Crippen LogP contribution in [-0.2, 0) is 12.0 Å². The van der Waals surface area contributed by atoms with Crippen LogP contribution in [0.15, 0.2) is 4.79 Å². The summed E-state index contributed by atoms with van der Waals surface area (Å²) in [6, 6.07) is 0. The number of nitrogens with zero attached hydrogens (tertiary/aromatic N) is 2. The number of hydrogen-bond donors (Lipinski definition) is 2. The number of imidazole rings is 1. The molecule has 0 saturated heterocycles. The summed E-state index contributed by atoms with van der Waals surface area (Å²) in [6.07, 6.45) is 0.872. The van der Waals surface area contributed by atoms with E-state index in [9.17, 15) is 4.79 Å². The van der Waals surface area contributed by atoms with Gasteiger partial charge in [-0.25, -0.2) is 9.78 Å². The van der Waals surface area contributed by atoms with E-state index in [1.54, 1.807) is 4.57 Å². The molecule has 2 aromatic rings. The molecule has 18 heavy (non-hydrogen) atoms. The predicted octanol–water partition coefficient (Wildman–Crippen LogP) is 2.49. The van der Waals surface area contributed by atoms with Crippen molar-refractivity contribution in [1.82, 2.24) is 19.5 Å². The molecule has 0 aliphatic heterocycles. The Balaban J connectivity index is 2.82. The van der Waals surface area contributed by atoms with E-state index < -0.39 is 0 Å². The van der Waals surface area contributed by atoms with Gasteiger partial charge in [-0.1, -0.05) is 39.9 Å². The maximum atomic E-state index is 11.9. The number of aromatic amines is 2. The normalized spacial score (nSPS) is 12.2. The number of aryl methyl sites for hydroxylation is 1. The van der Waals surface area contributed by atoms with Crippen LogP contribution >= 0.6 is 12.2 Å². The second-order valence-corrected chi connectivity index (χ2v) is 5.85. The van der Waals surface area contributed by atoms with Crippen LogP contribution in [0.2, 0.25) is 0 Å². The lowest BCUT2D eigenvalue weighted by Gasteiger charge is -2.13. The van der Waals surface area contributed by atoms with E-state index >= 15 is 0 Å². The molecule has 5 nitrogen and oxygen atoms in total. The molecule has 0 bridgehead atoms. The van der Waals surface area contributed by atoms with Gasteiger partial charge in [-0.2, -0.15) is 0 Å². The van der Waals surface area contributed by atoms with Crippen molar-refractivity contribution in [2.24, 2.45) is 0 Å². The van der Waals surface area contributed by atoms with Gasteiger partial charge in [-0.15, -0.1) is 0 Å². The fourth-order valence-electron chi connectivity index (χ4n) is 1.83. The van der Waals surface area contributed by atoms with Gasteiger partial charge in [0.1, 0.15) is 16.0 Å². The SMILES string of the molecule is CCCn1c(=O)[nH]c(=S)c2[nH]c(C(C)(C)C)nc21. The summed E-state index contributed by atoms with van der Waals surface area (Å²) in [4.78, 5) is 22.3. The monoisotopic (exact) mass is 266 g/mol. The van der Waals surface area contributed by atoms with Crippen molar-refractivity contribution in [1.29, 1.82) is 0 Å². The molecule has 2 heterocycles. The minimum Gasteiger partial charge on any atom is -0.338 e. The van der Waals surface area contributed by atoms with E-state index in [-0.39, 0.29) is 11.1 Å². The van der Waals surface area contributed by atoms with Crippen LogP contribution in [-0.4, -0.2) is 19.5 Å². The first-order valence-electron chi connectivity index (χ1n) is 6.08. The Hall–Kier alpha value is -1.43. The Labute approximate surface area is 110 Å². The van der Waals surface area contributed by atoms with Crippen LogP contribution in [0.3, 0.4) is 0 Å². The van der Waals surface area contributed by atoms with Crippen molar-refractivity contribution in [2.45, 2.75) is 46.1 Å². The minimum absolute atomic E-state index is 0.103. The van der Waals surface area contributed by atoms with Gasteiger partial charge in [0.2, 0.25) is 0 Å². The predicted molar refractivity (Wildman–Crippen MR) is 74.5 cm³/mol. The molecule has 0 unspecified atom stereocenters. The smallest absolute Gasteiger partial charge is 0.328 e. The molecule has 2 N–H and O–H groups in total. The summed E-state index contributed by atoms with van der Waals surface area (Å²) >= 11 is 5.18. The lowest BCUT2D eigenvalue weighted by molar-refractivity contribution is 0.553. The highest BCUT2D eigenvalue weighted by molar-refractivity contribution is 7.71. The summed E-state index contributed by atoms with van der Waals surface area (Å²) < 4.78 is 2.06. The minimum atomic E-state index is -0.193. The number of aromatic nitrogens is 4. The Kier molecular flexibility index (Phi) is 3.14. The largest absolute Gasteiger partial charge is 0.338 e. The highest BCUT2D eigenvalue weighted by Crippen LogP contribution is 2.21. The summed E-state index contributed by atoms with van der Waals surface area (Å²) in [7, 11) is 0. The van der Waals surface area contributed by atoms with Gasteiger partial charge in [0, 0.05) is 12.0 Å². The lowest BCUT2D eigenvalue weighted by Crippen LogP contribution is -2.23. The lowest BCUT2D eigenvalue weighted by atomic mass is 9.96. The van der Waals surface area contributed by atoms with Gasteiger partial charge < -0.3 is 4.98 Å². The van der Waals surface area contributed by atoms with Gasteiger partial charge in [0.25, 0.3) is 0 Å². The molecule has 0 saturated carbocycles. The molecule has 0 aromatic carbocycles. The Morgan fingerprint density at radius 2 is 2.00 bits per heavy atom. The highest BCUT2D eigenvalue weighted by Gasteiger charge is 2.20. The standard InChI is InChI=1S/C12H18N4OS/c1-5-6-16-8-7(9(18)15-11(16)17)13-10(14-8)12(2,3)4/h5-6H2,1-4H3,(H,13,14)(H,15,17,18). The molecule has 98 valence electrons. The third-order valence-electron chi connectivity index (χ3n) is 2.79. The first kappa shape index (κ1) is 13.0. The van der Waals surface area contributed by atoms with Crippen LogP contribution in [0.5, 0.6) is 0 Å². The second kappa shape index (κ2) is 4.35. The van der Waals surface area contributed by atoms with Gasteiger partial charge in [0.15, 0.2) is 5.65 Å². The van der Waals surface area contributed by atoms with Crippen LogP contribution in [0.25, 0.3) is 11.2 Å². The maximum absolute atomic E-state index is 11.9. The summed E-state index contributed by atoms with van der Waals surface area (Å²) in [6.45, 7) is 8.87. The van der Waals surface area contributed by atoms with Gasteiger partial charge >= 0.3 is 5.69 Å². The number of rotatable bonds is 2. The average Bonchev–Trinajstić information content (AvgIpc) is 2.68. The number of H-pyrrole nitrogens is 2. The average molecular weight is 266 g/mol. The van der Waals surface area contributed by atoms with Crippen LogP contribution in [0.1, 0.15) is 39.9 Å². The zero-order valence-corrected chi connectivity index (χ0v) is 11.9. The van der Waals surface area contributed by atoms with Crippen LogP contribution < -0.4 is 5.69 Å². The van der Waals surface area contributed by atoms with E-state index in [1.807, 2.05) is 6.92 Å². The summed E-state index contributed by atoms with van der Waals surface area (Å²) in [5.41, 5.74) is 1.09. The molecule has 0 amide bonds. The molecule has 0 atom stereocenters. The quantitative estimate of drug-likeness (QED) is 0.821. The van der Waals surface area contributed by atoms with E-state index in [0.29, 0.717) is 16.8 Å². The van der Waals surface area contributed by atoms with Gasteiger partial charge in [-0.3, -0.25) is 9.55 Å². The van der Waals surface area contributed by atoms with Crippen molar-refractivity contribution >= 4 is 23.4 Å². The summed E-state index contributed by atoms with van der Waals surface area (Å²) in [5.74, 6) is 0.840. The molecule has 0 spiro atoms. The Morgan fingerprint density at radius 3 is 2.56 bits per heavy atom. The maximum Gasteiger partial charge on any atom is 0.328 e. The van der Waals surface area contributed by atoms with Crippen molar-refractivity contribution in [3.05, 3.63) is 20.9 Å². The fraction of sp³-hybridized carbons (Fsp3) is 0.583. The first-order chi connectivity index (χ1) is 8.34. The van der Waals surface area contributed by atoms with E-state index in [1.165, 1.54) is 0 Å². The molecular formula is C12H18N4OS. The molecule has 0 radical (unpaired) electrons. The number of nitrogens with one attached hydrogen (secondary N) is 2. The van der Waals surface area contributed by atoms with Gasteiger partial charge in [0.05, 0.1) is 0 Å². The molecular weight excluding hydrogens is 248 g/mol. The van der Waals surface area contributed by atoms with Crippen molar-refractivity contribution < 1.29 is 0 Å². The van der Waals surface area contributed by atoms with Crippen molar-refractivity contribution in [3.8, 4) is 0 Å². The number of fused-ring (bicyclic) bond motifs is 1. The molecule has 2 rings (SSSR count). The van der Waals surface area contributed by atoms with Crippen molar-refractivity contribution in [2.75, 3.05) is 0 Å². The Morgan fingerprint density at radius 1 is 1.33 bits per heavy atom. The number of hydrogen-bond acceptors (Lipinski definition) is 3. The van der Waals surface area contributed by atoms with Crippen LogP contribution in [0, 0.1) is 4.64 Å². The van der Waals surface area contributed by atoms with E-state index in [0.717, 1.165) is 17.8 Å². The molecule has 0 aliphatic carbocycles. The van der Waals surface area contributed by atoms with Crippen LogP contribution in [0.4, 0.5) is 0 Å². The van der Waals surface area contributed by atoms with E-state index in [2.05, 4.69) is 35.7 Å². The third-order valence-corrected chi connectivity index (χ3v) is 3.10. The molecule has 0 fully saturated rings. The molecule has 0 aliphatic rings. The van der Waals surface area contributed by atoms with Crippen molar-refractivity contribution in [3.63, 3.8) is 0 Å². The van der Waals surface area contributed by atoms with Gasteiger partial charge in [-0.05, 0) is 6.42 Å². The van der Waals surface area contributed by atoms with E-state index in [4.69, 9.17) is 12.2 Å². The zero-order valence-electron chi connectivity index (χ0n) is 11.1. The summed E-state index contributed by atoms with van der Waals surface area (Å²) in [5, 5.41) is 0. The molecule has 2 aromatic heterocycles. The zero-order chi connectivity index (χ0) is 13.5. The third kappa shape index (κ3) is 2.12. The Bertz CT molecular complexity index is 687. The topological polar surface area (TPSA) is 66.5 Å². The first-order valence-corrected chi connectivity index (χ1v) is 6.48. The molecule has 6 heteroatoms. The fourth-order valence-corrected chi connectivity index (χ4v) is 2.06.